The number of nitrogens with one attached hydrogen (secondary N) is 2. The number of dihydropyridines is 1. The summed E-state index contributed by atoms with van der Waals surface area (Å²) in [6.07, 6.45) is 0.681. The molecular weight excluding hydrogens is 546 g/mol. The number of nitro benzene ring substituents is 1. The Labute approximate surface area is 244 Å². The maximum atomic E-state index is 12.9. The van der Waals surface area contributed by atoms with Crippen LogP contribution < -0.4 is 20.1 Å². The lowest BCUT2D eigenvalue weighted by molar-refractivity contribution is -0.384. The van der Waals surface area contributed by atoms with Gasteiger partial charge in [0.05, 0.1) is 42.8 Å². The second kappa shape index (κ2) is 15.5. The van der Waals surface area contributed by atoms with Gasteiger partial charge in [-0.2, -0.15) is 0 Å². The van der Waals surface area contributed by atoms with Crippen molar-refractivity contribution in [3.05, 3.63) is 86.7 Å². The number of carbonyl (C=O) groups excluding carboxylic acids is 2. The lowest BCUT2D eigenvalue weighted by Crippen LogP contribution is -2.32. The van der Waals surface area contributed by atoms with Crippen LogP contribution >= 0.6 is 0 Å². The Kier molecular flexibility index (Phi) is 11.9. The van der Waals surface area contributed by atoms with Crippen LogP contribution in [0.25, 0.3) is 0 Å². The molecular formula is C30H37N3O9. The Morgan fingerprint density at radius 1 is 1.00 bits per heavy atom. The first-order valence-electron chi connectivity index (χ1n) is 13.5. The second-order valence-electron chi connectivity index (χ2n) is 9.64. The Morgan fingerprint density at radius 2 is 1.64 bits per heavy atom. The molecule has 0 saturated carbocycles. The van der Waals surface area contributed by atoms with Crippen LogP contribution in [0.1, 0.15) is 38.2 Å². The van der Waals surface area contributed by atoms with Gasteiger partial charge in [0.2, 0.25) is 0 Å². The molecule has 1 atom stereocenters. The number of allylic oxidation sites excluding steroid dienone is 2. The second-order valence-corrected chi connectivity index (χ2v) is 9.64. The van der Waals surface area contributed by atoms with E-state index in [1.807, 2.05) is 30.3 Å². The largest absolute Gasteiger partial charge is 0.493 e. The van der Waals surface area contributed by atoms with Crippen LogP contribution in [0.5, 0.6) is 11.5 Å². The number of unbranched alkanes of at least 4 members (excludes halogenated alkanes) is 1. The third-order valence-electron chi connectivity index (χ3n) is 6.66. The summed E-state index contributed by atoms with van der Waals surface area (Å²) in [4.78, 5) is 36.8. The summed E-state index contributed by atoms with van der Waals surface area (Å²) in [5.74, 6) is -1.44. The van der Waals surface area contributed by atoms with E-state index in [4.69, 9.17) is 18.9 Å². The molecule has 1 heterocycles. The molecule has 0 saturated heterocycles. The van der Waals surface area contributed by atoms with Crippen molar-refractivity contribution in [1.29, 1.82) is 0 Å². The van der Waals surface area contributed by atoms with Gasteiger partial charge in [-0.3, -0.25) is 10.1 Å². The van der Waals surface area contributed by atoms with E-state index in [1.54, 1.807) is 13.8 Å². The monoisotopic (exact) mass is 583 g/mol. The third kappa shape index (κ3) is 8.30. The fraction of sp³-hybridized carbons (Fsp3) is 0.400. The first kappa shape index (κ1) is 32.1. The Morgan fingerprint density at radius 3 is 2.24 bits per heavy atom. The smallest absolute Gasteiger partial charge is 0.336 e. The molecule has 0 fully saturated rings. The molecule has 12 nitrogen and oxygen atoms in total. The summed E-state index contributed by atoms with van der Waals surface area (Å²) >= 11 is 0. The molecule has 0 spiro atoms. The molecule has 2 aromatic rings. The van der Waals surface area contributed by atoms with E-state index in [2.05, 4.69) is 10.6 Å². The van der Waals surface area contributed by atoms with Crippen molar-refractivity contribution >= 4 is 17.6 Å². The number of hydrogen-bond donors (Lipinski definition) is 3. The van der Waals surface area contributed by atoms with Crippen molar-refractivity contribution in [1.82, 2.24) is 10.6 Å². The molecule has 12 heteroatoms. The molecule has 226 valence electrons. The van der Waals surface area contributed by atoms with Gasteiger partial charge >= 0.3 is 11.9 Å². The maximum Gasteiger partial charge on any atom is 0.336 e. The standard InChI is InChI=1S/C30H37N3O9/c1-19-26(29(35)39-3)28(27(20(2)32-19)30(36)40-4)24-16-21(33(37)38)12-13-25(24)41-15-9-8-14-31-17-22(34)18-42-23-10-6-5-7-11-23/h5-7,10-13,16,22,28,31-32,34H,8-9,14-15,17-18H2,1-4H3/t22-/m0/s1. The van der Waals surface area contributed by atoms with E-state index in [-0.39, 0.29) is 41.4 Å². The molecule has 3 rings (SSSR count). The van der Waals surface area contributed by atoms with Gasteiger partial charge < -0.3 is 34.7 Å². The number of nitro groups is 1. The van der Waals surface area contributed by atoms with Gasteiger partial charge in [0.15, 0.2) is 0 Å². The number of ether oxygens (including phenoxy) is 4. The molecule has 3 N–H and O–H groups in total. The zero-order valence-corrected chi connectivity index (χ0v) is 24.2. The number of aliphatic hydroxyl groups is 1. The Bertz CT molecular complexity index is 1290. The molecule has 0 radical (unpaired) electrons. The van der Waals surface area contributed by atoms with Gasteiger partial charge in [0.1, 0.15) is 24.2 Å². The highest BCUT2D eigenvalue weighted by Gasteiger charge is 2.39. The summed E-state index contributed by atoms with van der Waals surface area (Å²) in [7, 11) is 2.44. The minimum Gasteiger partial charge on any atom is -0.493 e. The molecule has 2 aromatic carbocycles. The number of aliphatic hydroxyl groups excluding tert-OH is 1. The number of carbonyl (C=O) groups is 2. The number of para-hydroxylation sites is 1. The maximum absolute atomic E-state index is 12.9. The third-order valence-corrected chi connectivity index (χ3v) is 6.66. The van der Waals surface area contributed by atoms with Gasteiger partial charge in [-0.25, -0.2) is 9.59 Å². The van der Waals surface area contributed by atoms with Crippen LogP contribution in [0.15, 0.2) is 71.1 Å². The average molecular weight is 584 g/mol. The quantitative estimate of drug-likeness (QED) is 0.122. The SMILES string of the molecule is COC(=O)C1=C(C)NC(C)=C(C(=O)OC)C1c1cc([N+](=O)[O-])ccc1OCCCCNC[C@H](O)COc1ccccc1. The van der Waals surface area contributed by atoms with Gasteiger partial charge in [-0.15, -0.1) is 0 Å². The van der Waals surface area contributed by atoms with Crippen LogP contribution in [0.3, 0.4) is 0 Å². The predicted molar refractivity (Wildman–Crippen MR) is 154 cm³/mol. The zero-order valence-electron chi connectivity index (χ0n) is 24.2. The predicted octanol–water partition coefficient (Wildman–Crippen LogP) is 3.36. The molecule has 0 aromatic heterocycles. The van der Waals surface area contributed by atoms with E-state index in [9.17, 15) is 24.8 Å². The van der Waals surface area contributed by atoms with Crippen molar-refractivity contribution in [2.24, 2.45) is 0 Å². The number of esters is 2. The number of rotatable bonds is 15. The first-order valence-corrected chi connectivity index (χ1v) is 13.5. The van der Waals surface area contributed by atoms with Gasteiger partial charge in [0.25, 0.3) is 5.69 Å². The van der Waals surface area contributed by atoms with Crippen LogP contribution in [-0.4, -0.2) is 68.6 Å². The van der Waals surface area contributed by atoms with Crippen molar-refractivity contribution in [3.63, 3.8) is 0 Å². The summed E-state index contributed by atoms with van der Waals surface area (Å²) in [6.45, 7) is 4.74. The van der Waals surface area contributed by atoms with Gasteiger partial charge in [-0.1, -0.05) is 18.2 Å². The number of nitrogens with zero attached hydrogens (tertiary/aromatic N) is 1. The molecule has 1 aliphatic heterocycles. The Hall–Kier alpha value is -4.42. The fourth-order valence-corrected chi connectivity index (χ4v) is 4.64. The van der Waals surface area contributed by atoms with Crippen LogP contribution in [-0.2, 0) is 19.1 Å². The molecule has 42 heavy (non-hydrogen) atoms. The van der Waals surface area contributed by atoms with E-state index >= 15 is 0 Å². The number of non-ortho nitro benzene ring substituents is 1. The first-order chi connectivity index (χ1) is 20.2. The van der Waals surface area contributed by atoms with Crippen molar-refractivity contribution < 1.29 is 38.6 Å². The Balaban J connectivity index is 1.68. The normalized spacial score (nSPS) is 14.2. The van der Waals surface area contributed by atoms with Crippen molar-refractivity contribution in [2.75, 3.05) is 40.5 Å². The number of methoxy groups -OCH3 is 2. The fourth-order valence-electron chi connectivity index (χ4n) is 4.64. The molecule has 0 unspecified atom stereocenters. The number of benzene rings is 2. The van der Waals surface area contributed by atoms with Crippen molar-refractivity contribution in [3.8, 4) is 11.5 Å². The van der Waals surface area contributed by atoms with E-state index in [0.29, 0.717) is 36.7 Å². The van der Waals surface area contributed by atoms with Crippen LogP contribution in [0.4, 0.5) is 5.69 Å². The minimum absolute atomic E-state index is 0.118. The van der Waals surface area contributed by atoms with E-state index in [1.165, 1.54) is 32.4 Å². The molecule has 0 aliphatic carbocycles. The zero-order chi connectivity index (χ0) is 30.6. The summed E-state index contributed by atoms with van der Waals surface area (Å²) in [6, 6.07) is 13.3. The average Bonchev–Trinajstić information content (AvgIpc) is 2.99. The number of hydrogen-bond acceptors (Lipinski definition) is 11. The highest BCUT2D eigenvalue weighted by Crippen LogP contribution is 2.44. The van der Waals surface area contributed by atoms with E-state index in [0.717, 1.165) is 6.42 Å². The van der Waals surface area contributed by atoms with Crippen molar-refractivity contribution in [2.45, 2.75) is 38.7 Å². The van der Waals surface area contributed by atoms with Gasteiger partial charge in [-0.05, 0) is 51.4 Å². The van der Waals surface area contributed by atoms with Gasteiger partial charge in [0, 0.05) is 35.6 Å². The highest BCUT2D eigenvalue weighted by atomic mass is 16.6. The summed E-state index contributed by atoms with van der Waals surface area (Å²) < 4.78 is 21.6. The summed E-state index contributed by atoms with van der Waals surface area (Å²) in [5.41, 5.74) is 1.16. The van der Waals surface area contributed by atoms with Crippen LogP contribution in [0, 0.1) is 10.1 Å². The van der Waals surface area contributed by atoms with E-state index < -0.39 is 28.9 Å². The minimum atomic E-state index is -1.03. The highest BCUT2D eigenvalue weighted by molar-refractivity contribution is 6.00. The molecule has 1 aliphatic rings. The lowest BCUT2D eigenvalue weighted by atomic mass is 9.80. The topological polar surface area (TPSA) is 158 Å². The van der Waals surface area contributed by atoms with Crippen LogP contribution in [0.2, 0.25) is 0 Å². The summed E-state index contributed by atoms with van der Waals surface area (Å²) in [5, 5.41) is 28.0. The lowest BCUT2D eigenvalue weighted by Gasteiger charge is -2.30. The molecule has 0 amide bonds. The molecule has 0 bridgehead atoms.